The van der Waals surface area contributed by atoms with Crippen LogP contribution in [0.25, 0.3) is 0 Å². The quantitative estimate of drug-likeness (QED) is 0.594. The molecular formula is C16H10F8O4S. The van der Waals surface area contributed by atoms with Crippen LogP contribution in [0.3, 0.4) is 0 Å². The predicted octanol–water partition coefficient (Wildman–Crippen LogP) is 4.79. The number of ether oxygens (including phenoxy) is 2. The Bertz CT molecular complexity index is 910. The van der Waals surface area contributed by atoms with Crippen LogP contribution in [0.1, 0.15) is 11.1 Å². The van der Waals surface area contributed by atoms with Gasteiger partial charge in [-0.15, -0.1) is 0 Å². The molecule has 0 N–H and O–H groups in total. The van der Waals surface area contributed by atoms with Gasteiger partial charge in [0.05, 0.1) is 11.1 Å². The number of hydrogen-bond acceptors (Lipinski definition) is 4. The van der Waals surface area contributed by atoms with Gasteiger partial charge in [0.25, 0.3) is 0 Å². The average molecular weight is 450 g/mol. The fraction of sp³-hybridized carbons (Fsp3) is 0.250. The normalized spacial score (nSPS) is 12.7. The molecule has 4 nitrogen and oxygen atoms in total. The van der Waals surface area contributed by atoms with Gasteiger partial charge < -0.3 is 9.47 Å². The van der Waals surface area contributed by atoms with Crippen molar-refractivity contribution in [2.45, 2.75) is 12.4 Å². The van der Waals surface area contributed by atoms with Crippen molar-refractivity contribution >= 4 is 9.84 Å². The molecule has 0 aliphatic rings. The molecule has 0 atom stereocenters. The molecule has 0 fully saturated rings. The van der Waals surface area contributed by atoms with E-state index in [1.807, 2.05) is 0 Å². The molecule has 29 heavy (non-hydrogen) atoms. The van der Waals surface area contributed by atoms with Gasteiger partial charge in [-0.25, -0.2) is 17.2 Å². The van der Waals surface area contributed by atoms with Crippen molar-refractivity contribution in [1.29, 1.82) is 0 Å². The molecule has 0 heterocycles. The highest BCUT2D eigenvalue weighted by Crippen LogP contribution is 2.34. The first-order valence-corrected chi connectivity index (χ1v) is 9.21. The molecule has 0 unspecified atom stereocenters. The minimum absolute atomic E-state index is 0.251. The molecule has 13 heteroatoms. The van der Waals surface area contributed by atoms with Crippen molar-refractivity contribution in [3.63, 3.8) is 0 Å². The molecule has 0 radical (unpaired) electrons. The lowest BCUT2D eigenvalue weighted by molar-refractivity contribution is -0.140. The highest BCUT2D eigenvalue weighted by molar-refractivity contribution is 7.91. The third kappa shape index (κ3) is 6.21. The van der Waals surface area contributed by atoms with Crippen LogP contribution in [0, 0.1) is 11.6 Å². The Morgan fingerprint density at radius 1 is 0.690 bits per heavy atom. The van der Waals surface area contributed by atoms with Gasteiger partial charge in [-0.1, -0.05) is 0 Å². The maximum atomic E-state index is 13.2. The van der Waals surface area contributed by atoms with E-state index in [9.17, 15) is 43.5 Å². The molecule has 0 aliphatic heterocycles. The van der Waals surface area contributed by atoms with E-state index in [-0.39, 0.29) is 12.1 Å². The maximum Gasteiger partial charge on any atom is 0.419 e. The minimum atomic E-state index is -5.04. The summed E-state index contributed by atoms with van der Waals surface area (Å²) < 4.78 is 135. The van der Waals surface area contributed by atoms with Crippen LogP contribution in [0.5, 0.6) is 11.5 Å². The topological polar surface area (TPSA) is 52.6 Å². The Labute approximate surface area is 158 Å². The average Bonchev–Trinajstić information content (AvgIpc) is 2.58. The summed E-state index contributed by atoms with van der Waals surface area (Å²) in [6.45, 7) is 0. The molecule has 160 valence electrons. The smallest absolute Gasteiger partial charge is 0.419 e. The van der Waals surface area contributed by atoms with Crippen molar-refractivity contribution in [2.24, 2.45) is 0 Å². The number of benzene rings is 2. The molecule has 0 spiro atoms. The molecule has 0 saturated carbocycles. The molecule has 0 aliphatic carbocycles. The van der Waals surface area contributed by atoms with Crippen LogP contribution in [-0.4, -0.2) is 20.3 Å². The van der Waals surface area contributed by atoms with Gasteiger partial charge in [-0.2, -0.15) is 26.3 Å². The second-order valence-electron chi connectivity index (χ2n) is 5.55. The largest absolute Gasteiger partial charge is 0.478 e. The molecular weight excluding hydrogens is 440 g/mol. The monoisotopic (exact) mass is 450 g/mol. The predicted molar refractivity (Wildman–Crippen MR) is 82.7 cm³/mol. The lowest BCUT2D eigenvalue weighted by atomic mass is 10.2. The Balaban J connectivity index is 2.05. The Morgan fingerprint density at radius 3 is 1.34 bits per heavy atom. The summed E-state index contributed by atoms with van der Waals surface area (Å²) in [5, 5.41) is 0. The van der Waals surface area contributed by atoms with E-state index in [4.69, 9.17) is 0 Å². The number of hydrogen-bond donors (Lipinski definition) is 0. The number of halogens is 8. The van der Waals surface area contributed by atoms with Crippen LogP contribution in [-0.2, 0) is 22.2 Å². The van der Waals surface area contributed by atoms with Crippen molar-refractivity contribution < 1.29 is 53.0 Å². The molecule has 2 aromatic rings. The first-order chi connectivity index (χ1) is 13.2. The second-order valence-corrected chi connectivity index (χ2v) is 7.51. The zero-order valence-corrected chi connectivity index (χ0v) is 14.8. The lowest BCUT2D eigenvalue weighted by Crippen LogP contribution is -2.20. The summed E-state index contributed by atoms with van der Waals surface area (Å²) in [5.74, 6) is -6.81. The van der Waals surface area contributed by atoms with Crippen LogP contribution in [0.15, 0.2) is 36.4 Å². The Kier molecular flexibility index (Phi) is 6.30. The lowest BCUT2D eigenvalue weighted by Gasteiger charge is -2.13. The zero-order chi connectivity index (χ0) is 22.0. The fourth-order valence-electron chi connectivity index (χ4n) is 1.97. The summed E-state index contributed by atoms with van der Waals surface area (Å²) in [4.78, 5) is 0. The van der Waals surface area contributed by atoms with Crippen molar-refractivity contribution in [3.8, 4) is 11.5 Å². The van der Waals surface area contributed by atoms with E-state index in [2.05, 4.69) is 9.47 Å². The highest BCUT2D eigenvalue weighted by Gasteiger charge is 2.35. The summed E-state index contributed by atoms with van der Waals surface area (Å²) in [6.07, 6.45) is -10.1. The third-order valence-corrected chi connectivity index (χ3v) is 4.25. The van der Waals surface area contributed by atoms with Crippen molar-refractivity contribution in [2.75, 3.05) is 11.9 Å². The summed E-state index contributed by atoms with van der Waals surface area (Å²) in [7, 11) is -4.29. The van der Waals surface area contributed by atoms with E-state index < -0.39 is 68.3 Å². The van der Waals surface area contributed by atoms with Crippen molar-refractivity contribution in [3.05, 3.63) is 59.2 Å². The van der Waals surface area contributed by atoms with E-state index in [0.717, 1.165) is 12.1 Å². The van der Waals surface area contributed by atoms with Gasteiger partial charge in [-0.05, 0) is 36.4 Å². The fourth-order valence-corrected chi connectivity index (χ4v) is 2.67. The van der Waals surface area contributed by atoms with Gasteiger partial charge in [-0.3, -0.25) is 0 Å². The molecule has 2 rings (SSSR count). The highest BCUT2D eigenvalue weighted by atomic mass is 32.2. The van der Waals surface area contributed by atoms with Crippen LogP contribution in [0.2, 0.25) is 0 Å². The van der Waals surface area contributed by atoms with Gasteiger partial charge in [0.15, 0.2) is 11.9 Å². The van der Waals surface area contributed by atoms with Gasteiger partial charge >= 0.3 is 12.4 Å². The van der Waals surface area contributed by atoms with E-state index in [1.54, 1.807) is 0 Å². The number of sulfone groups is 1. The Hall–Kier alpha value is -2.57. The summed E-state index contributed by atoms with van der Waals surface area (Å²) >= 11 is 0. The number of rotatable bonds is 6. The summed E-state index contributed by atoms with van der Waals surface area (Å²) in [5.41, 5.74) is -3.34. The number of alkyl halides is 6. The van der Waals surface area contributed by atoms with Gasteiger partial charge in [0.1, 0.15) is 23.1 Å². The molecule has 2 aromatic carbocycles. The minimum Gasteiger partial charge on any atom is -0.478 e. The molecule has 0 aromatic heterocycles. The van der Waals surface area contributed by atoms with Crippen LogP contribution >= 0.6 is 0 Å². The standard InChI is InChI=1S/C16H10F8O4S/c17-13-3-1-9(5-11(13)15(19,20)21)27-7-29(25,26)8-28-10-2-4-14(18)12(6-10)16(22,23)24/h1-6H,7-8H2. The molecule has 0 amide bonds. The van der Waals surface area contributed by atoms with E-state index >= 15 is 0 Å². The Morgan fingerprint density at radius 2 is 1.03 bits per heavy atom. The van der Waals surface area contributed by atoms with Crippen LogP contribution in [0.4, 0.5) is 35.1 Å². The van der Waals surface area contributed by atoms with Crippen molar-refractivity contribution in [1.82, 2.24) is 0 Å². The van der Waals surface area contributed by atoms with Gasteiger partial charge in [0.2, 0.25) is 9.84 Å². The van der Waals surface area contributed by atoms with E-state index in [1.165, 1.54) is 0 Å². The second kappa shape index (κ2) is 8.05. The maximum absolute atomic E-state index is 13.2. The van der Waals surface area contributed by atoms with E-state index in [0.29, 0.717) is 12.1 Å². The SMILES string of the molecule is O=S(=O)(COc1ccc(F)c(C(F)(F)F)c1)COc1ccc(F)c(C(F)(F)F)c1. The van der Waals surface area contributed by atoms with Gasteiger partial charge in [0, 0.05) is 0 Å². The first kappa shape index (κ1) is 22.7. The first-order valence-electron chi connectivity index (χ1n) is 7.38. The molecule has 0 bridgehead atoms. The molecule has 0 saturated heterocycles. The van der Waals surface area contributed by atoms with Crippen LogP contribution < -0.4 is 9.47 Å². The zero-order valence-electron chi connectivity index (χ0n) is 13.9. The third-order valence-electron chi connectivity index (χ3n) is 3.30. The summed E-state index contributed by atoms with van der Waals surface area (Å²) in [6, 6.07) is 2.88.